The summed E-state index contributed by atoms with van der Waals surface area (Å²) in [5.41, 5.74) is 0. The molecule has 0 radical (unpaired) electrons. The molecule has 7 nitrogen and oxygen atoms in total. The van der Waals surface area contributed by atoms with Crippen molar-refractivity contribution in [2.24, 2.45) is 0 Å². The quantitative estimate of drug-likeness (QED) is 0.524. The van der Waals surface area contributed by atoms with E-state index in [9.17, 15) is 19.2 Å². The summed E-state index contributed by atoms with van der Waals surface area (Å²) < 4.78 is 14.2. The van der Waals surface area contributed by atoms with Crippen molar-refractivity contribution in [3.8, 4) is 0 Å². The summed E-state index contributed by atoms with van der Waals surface area (Å²) in [5.74, 6) is -2.65. The van der Waals surface area contributed by atoms with E-state index < -0.39 is 32.1 Å². The third-order valence-electron chi connectivity index (χ3n) is 1.64. The molecule has 8 heteroatoms. The maximum Gasteiger partial charge on any atom is 0.785 e. The lowest BCUT2D eigenvalue weighted by molar-refractivity contribution is -0.150. The molecule has 0 amide bonds. The first-order valence-corrected chi connectivity index (χ1v) is 7.25. The lowest BCUT2D eigenvalue weighted by atomic mass is 10.4. The summed E-state index contributed by atoms with van der Waals surface area (Å²) in [5, 5.41) is -0.838. The van der Waals surface area contributed by atoms with Crippen molar-refractivity contribution >= 4 is 32.1 Å². The second-order valence-corrected chi connectivity index (χ2v) is 5.73. The molecule has 0 heterocycles. The molecule has 0 aromatic rings. The molecule has 106 valence electrons. The van der Waals surface area contributed by atoms with Crippen LogP contribution in [0.25, 0.3) is 0 Å². The van der Waals surface area contributed by atoms with Crippen LogP contribution in [-0.4, -0.2) is 32.1 Å². The highest BCUT2D eigenvalue weighted by atomic mass is 28.4. The zero-order valence-corrected chi connectivity index (χ0v) is 12.2. The van der Waals surface area contributed by atoms with Gasteiger partial charge in [-0.25, -0.2) is 0 Å². The first kappa shape index (κ1) is 17.0. The number of rotatable bonds is 6. The van der Waals surface area contributed by atoms with Gasteiger partial charge in [-0.15, -0.1) is 0 Å². The van der Waals surface area contributed by atoms with Gasteiger partial charge in [0.25, 0.3) is 23.3 Å². The van der Waals surface area contributed by atoms with E-state index in [1.54, 1.807) is 6.92 Å². The molecule has 0 atom stereocenters. The van der Waals surface area contributed by atoms with E-state index in [2.05, 4.69) is 0 Å². The van der Waals surface area contributed by atoms with Crippen LogP contribution in [0.5, 0.6) is 0 Å². The Morgan fingerprint density at radius 1 is 0.895 bits per heavy atom. The predicted octanol–water partition coefficient (Wildman–Crippen LogP) is 0.689. The zero-order chi connectivity index (χ0) is 15.1. The molecule has 0 saturated heterocycles. The Bertz CT molecular complexity index is 372. The van der Waals surface area contributed by atoms with Crippen LogP contribution < -0.4 is 0 Å². The van der Waals surface area contributed by atoms with E-state index in [1.165, 1.54) is 6.08 Å². The monoisotopic (exact) mass is 288 g/mol. The molecule has 0 aliphatic carbocycles. The van der Waals surface area contributed by atoms with Gasteiger partial charge in [-0.3, -0.25) is 19.2 Å². The average molecular weight is 288 g/mol. The average Bonchev–Trinajstić information content (AvgIpc) is 2.22. The van der Waals surface area contributed by atoms with Gasteiger partial charge in [0.05, 0.1) is 0 Å². The fourth-order valence-electron chi connectivity index (χ4n) is 1.11. The second kappa shape index (κ2) is 7.47. The normalized spacial score (nSPS) is 10.9. The molecular formula is C11H16O7Si. The molecule has 0 aromatic carbocycles. The van der Waals surface area contributed by atoms with Crippen LogP contribution in [0.1, 0.15) is 34.1 Å². The molecule has 0 unspecified atom stereocenters. The van der Waals surface area contributed by atoms with E-state index in [0.717, 1.165) is 26.8 Å². The van der Waals surface area contributed by atoms with Crippen molar-refractivity contribution in [3.05, 3.63) is 12.2 Å². The number of carbonyl (C=O) groups excluding carboxylic acids is 4. The smallest absolute Gasteiger partial charge is 0.450 e. The highest BCUT2D eigenvalue weighted by molar-refractivity contribution is 6.96. The molecule has 0 aliphatic heterocycles. The van der Waals surface area contributed by atoms with Crippen LogP contribution in [0.4, 0.5) is 0 Å². The van der Waals surface area contributed by atoms with Crippen LogP contribution in [-0.2, 0) is 32.5 Å². The number of carbonyl (C=O) groups is 4. The Labute approximate surface area is 111 Å². The van der Waals surface area contributed by atoms with Gasteiger partial charge in [-0.05, 0) is 12.5 Å². The van der Waals surface area contributed by atoms with Crippen molar-refractivity contribution in [1.29, 1.82) is 0 Å². The van der Waals surface area contributed by atoms with Crippen LogP contribution in [0.2, 0.25) is 0 Å². The third-order valence-corrected chi connectivity index (χ3v) is 4.08. The van der Waals surface area contributed by atoms with Crippen molar-refractivity contribution in [1.82, 2.24) is 0 Å². The van der Waals surface area contributed by atoms with Crippen LogP contribution >= 0.6 is 0 Å². The van der Waals surface area contributed by atoms with Crippen molar-refractivity contribution in [2.45, 2.75) is 34.1 Å². The van der Waals surface area contributed by atoms with Gasteiger partial charge >= 0.3 is 8.80 Å². The van der Waals surface area contributed by atoms with Gasteiger partial charge in [0.1, 0.15) is 0 Å². The van der Waals surface area contributed by atoms with Crippen molar-refractivity contribution in [3.63, 3.8) is 0 Å². The van der Waals surface area contributed by atoms with E-state index in [4.69, 9.17) is 13.3 Å². The van der Waals surface area contributed by atoms with Gasteiger partial charge in [-0.1, -0.05) is 13.0 Å². The molecule has 0 saturated carbocycles. The highest BCUT2D eigenvalue weighted by Gasteiger charge is 2.59. The molecule has 19 heavy (non-hydrogen) atoms. The van der Waals surface area contributed by atoms with E-state index >= 15 is 0 Å². The first-order valence-electron chi connectivity index (χ1n) is 5.53. The minimum absolute atomic E-state index is 0.538. The standard InChI is InChI=1S/C11H16O7Si/c1-5-6-7-11(15)19(16-8(2)12,17-9(3)13)18-10(4)14/h6-7H,5H2,1-4H3. The van der Waals surface area contributed by atoms with Gasteiger partial charge in [0.15, 0.2) is 0 Å². The van der Waals surface area contributed by atoms with Gasteiger partial charge < -0.3 is 13.3 Å². The summed E-state index contributed by atoms with van der Waals surface area (Å²) in [6.07, 6.45) is 3.08. The fourth-order valence-corrected chi connectivity index (χ4v) is 2.99. The predicted molar refractivity (Wildman–Crippen MR) is 65.5 cm³/mol. The maximum absolute atomic E-state index is 12.0. The first-order chi connectivity index (χ1) is 8.73. The largest absolute Gasteiger partial charge is 0.785 e. The Hall–Kier alpha value is -1.96. The van der Waals surface area contributed by atoms with E-state index in [-0.39, 0.29) is 0 Å². The lowest BCUT2D eigenvalue weighted by Gasteiger charge is -2.23. The minimum Gasteiger partial charge on any atom is -0.450 e. The third kappa shape index (κ3) is 5.95. The number of hydrogen-bond acceptors (Lipinski definition) is 7. The molecule has 0 N–H and O–H groups in total. The summed E-state index contributed by atoms with van der Waals surface area (Å²) in [4.78, 5) is 45.1. The molecule has 0 aliphatic rings. The summed E-state index contributed by atoms with van der Waals surface area (Å²) >= 11 is 0. The molecule has 0 bridgehead atoms. The molecule has 0 fully saturated rings. The Morgan fingerprint density at radius 2 is 1.26 bits per heavy atom. The van der Waals surface area contributed by atoms with Crippen LogP contribution in [0.3, 0.4) is 0 Å². The highest BCUT2D eigenvalue weighted by Crippen LogP contribution is 2.14. The maximum atomic E-state index is 12.0. The zero-order valence-electron chi connectivity index (χ0n) is 11.2. The molecule has 0 aromatic heterocycles. The Balaban J connectivity index is 5.50. The SMILES string of the molecule is CCC=CC(=O)[Si](OC(C)=O)(OC(C)=O)OC(C)=O. The van der Waals surface area contributed by atoms with Crippen molar-refractivity contribution in [2.75, 3.05) is 0 Å². The van der Waals surface area contributed by atoms with E-state index in [1.807, 2.05) is 0 Å². The van der Waals surface area contributed by atoms with Crippen molar-refractivity contribution < 1.29 is 32.5 Å². The molecular weight excluding hydrogens is 272 g/mol. The lowest BCUT2D eigenvalue weighted by Crippen LogP contribution is -2.56. The summed E-state index contributed by atoms with van der Waals surface area (Å²) in [6.45, 7) is 4.83. The van der Waals surface area contributed by atoms with Crippen LogP contribution in [0, 0.1) is 0 Å². The van der Waals surface area contributed by atoms with Gasteiger partial charge in [0.2, 0.25) is 0 Å². The van der Waals surface area contributed by atoms with Gasteiger partial charge in [0, 0.05) is 20.8 Å². The van der Waals surface area contributed by atoms with E-state index in [0.29, 0.717) is 6.42 Å². The summed E-state index contributed by atoms with van der Waals surface area (Å²) in [7, 11) is -4.40. The summed E-state index contributed by atoms with van der Waals surface area (Å²) in [6, 6.07) is 0. The van der Waals surface area contributed by atoms with Gasteiger partial charge in [-0.2, -0.15) is 0 Å². The Morgan fingerprint density at radius 3 is 1.53 bits per heavy atom. The minimum atomic E-state index is -4.40. The molecule has 0 rings (SSSR count). The number of allylic oxidation sites excluding steroid dienone is 2. The Kier molecular flexibility index (Phi) is 6.70. The second-order valence-electron chi connectivity index (χ2n) is 3.51. The van der Waals surface area contributed by atoms with Crippen LogP contribution in [0.15, 0.2) is 12.2 Å². The number of hydrogen-bond donors (Lipinski definition) is 0. The fraction of sp³-hybridized carbons (Fsp3) is 0.455. The topological polar surface area (TPSA) is 96.0 Å². The molecule has 0 spiro atoms.